The largest absolute Gasteiger partial charge is 0.273 e. The van der Waals surface area contributed by atoms with Crippen molar-refractivity contribution in [2.24, 2.45) is 0 Å². The van der Waals surface area contributed by atoms with Crippen LogP contribution >= 0.6 is 0 Å². The smallest absolute Gasteiger partial charge is 0.268 e. The number of nitrogens with zero attached hydrogens (tertiary/aromatic N) is 1. The van der Waals surface area contributed by atoms with Crippen LogP contribution in [0.1, 0.15) is 10.4 Å². The zero-order valence-electron chi connectivity index (χ0n) is 9.28. The Hall–Kier alpha value is -2.14. The molecule has 4 nitrogen and oxygen atoms in total. The molecule has 1 heterocycles. The van der Waals surface area contributed by atoms with Crippen LogP contribution in [-0.4, -0.2) is 14.3 Å². The highest BCUT2D eigenvalue weighted by atomic mass is 32.2. The third kappa shape index (κ3) is 1.37. The van der Waals surface area contributed by atoms with Crippen LogP contribution in [0, 0.1) is 0 Å². The van der Waals surface area contributed by atoms with E-state index in [1.807, 2.05) is 0 Å². The van der Waals surface area contributed by atoms with Gasteiger partial charge in [-0.2, -0.15) is 4.31 Å². The van der Waals surface area contributed by atoms with Crippen molar-refractivity contribution in [3.63, 3.8) is 0 Å². The minimum Gasteiger partial charge on any atom is -0.268 e. The van der Waals surface area contributed by atoms with Crippen LogP contribution in [0.2, 0.25) is 0 Å². The number of amides is 1. The second-order valence-corrected chi connectivity index (χ2v) is 5.66. The van der Waals surface area contributed by atoms with Crippen molar-refractivity contribution >= 4 is 21.6 Å². The lowest BCUT2D eigenvalue weighted by Crippen LogP contribution is -2.29. The quantitative estimate of drug-likeness (QED) is 0.787. The molecule has 1 aliphatic rings. The van der Waals surface area contributed by atoms with Crippen LogP contribution in [0.5, 0.6) is 0 Å². The molecule has 0 radical (unpaired) electrons. The van der Waals surface area contributed by atoms with E-state index in [0.717, 1.165) is 4.31 Å². The normalized spacial score (nSPS) is 16.7. The van der Waals surface area contributed by atoms with Gasteiger partial charge in [-0.3, -0.25) is 4.79 Å². The molecule has 0 fully saturated rings. The average molecular weight is 259 g/mol. The van der Waals surface area contributed by atoms with Crippen molar-refractivity contribution in [3.8, 4) is 0 Å². The fourth-order valence-corrected chi connectivity index (χ4v) is 3.60. The summed E-state index contributed by atoms with van der Waals surface area (Å²) in [7, 11) is -3.76. The van der Waals surface area contributed by atoms with Gasteiger partial charge in [-0.25, -0.2) is 8.42 Å². The topological polar surface area (TPSA) is 54.5 Å². The first-order chi connectivity index (χ1) is 8.62. The maximum absolute atomic E-state index is 12.3. The van der Waals surface area contributed by atoms with E-state index in [4.69, 9.17) is 0 Å². The molecular weight excluding hydrogens is 250 g/mol. The van der Waals surface area contributed by atoms with Crippen LogP contribution < -0.4 is 4.31 Å². The molecule has 0 unspecified atom stereocenters. The Morgan fingerprint density at radius 1 is 0.833 bits per heavy atom. The molecule has 0 spiro atoms. The first kappa shape index (κ1) is 11.0. The van der Waals surface area contributed by atoms with Gasteiger partial charge in [0.05, 0.1) is 11.3 Å². The monoisotopic (exact) mass is 259 g/mol. The Morgan fingerprint density at radius 2 is 1.44 bits per heavy atom. The number of rotatable bonds is 1. The number of benzene rings is 2. The standard InChI is InChI=1S/C13H9NO3S/c15-13-11-8-4-5-9-12(11)18(16,17)14(13)10-6-2-1-3-7-10/h1-9H. The fraction of sp³-hybridized carbons (Fsp3) is 0. The van der Waals surface area contributed by atoms with Crippen LogP contribution in [0.25, 0.3) is 0 Å². The number of anilines is 1. The van der Waals surface area contributed by atoms with Gasteiger partial charge in [0.15, 0.2) is 0 Å². The molecule has 0 bridgehead atoms. The SMILES string of the molecule is O=C1c2ccccc2S(=O)(=O)N1c1ccccc1. The lowest BCUT2D eigenvalue weighted by Gasteiger charge is -2.14. The summed E-state index contributed by atoms with van der Waals surface area (Å²) in [6, 6.07) is 14.6. The van der Waals surface area contributed by atoms with E-state index in [0.29, 0.717) is 5.69 Å². The molecule has 90 valence electrons. The summed E-state index contributed by atoms with van der Waals surface area (Å²) in [5, 5.41) is 0. The number of carbonyl (C=O) groups excluding carboxylic acids is 1. The number of carbonyl (C=O) groups is 1. The van der Waals surface area contributed by atoms with E-state index in [-0.39, 0.29) is 10.5 Å². The molecule has 2 aromatic carbocycles. The Balaban J connectivity index is 2.25. The summed E-state index contributed by atoms with van der Waals surface area (Å²) < 4.78 is 25.4. The summed E-state index contributed by atoms with van der Waals surface area (Å²) >= 11 is 0. The molecule has 3 rings (SSSR count). The Morgan fingerprint density at radius 3 is 2.11 bits per heavy atom. The molecule has 1 aliphatic heterocycles. The van der Waals surface area contributed by atoms with Gasteiger partial charge in [-0.05, 0) is 24.3 Å². The maximum atomic E-state index is 12.3. The number of hydrogen-bond donors (Lipinski definition) is 0. The van der Waals surface area contributed by atoms with E-state index >= 15 is 0 Å². The highest BCUT2D eigenvalue weighted by Gasteiger charge is 2.41. The Bertz CT molecular complexity index is 723. The zero-order chi connectivity index (χ0) is 12.8. The van der Waals surface area contributed by atoms with E-state index in [1.54, 1.807) is 42.5 Å². The van der Waals surface area contributed by atoms with Gasteiger partial charge < -0.3 is 0 Å². The van der Waals surface area contributed by atoms with E-state index in [9.17, 15) is 13.2 Å². The summed E-state index contributed by atoms with van der Waals surface area (Å²) in [4.78, 5) is 12.2. The summed E-state index contributed by atoms with van der Waals surface area (Å²) in [5.74, 6) is -0.503. The lowest BCUT2D eigenvalue weighted by atomic mass is 10.2. The molecular formula is C13H9NO3S. The molecule has 0 aliphatic carbocycles. The molecule has 0 N–H and O–H groups in total. The van der Waals surface area contributed by atoms with Gasteiger partial charge in [0.25, 0.3) is 15.9 Å². The first-order valence-corrected chi connectivity index (χ1v) is 6.80. The predicted octanol–water partition coefficient (Wildman–Crippen LogP) is 2.04. The van der Waals surface area contributed by atoms with Gasteiger partial charge in [-0.15, -0.1) is 0 Å². The van der Waals surface area contributed by atoms with Crippen molar-refractivity contribution in [1.82, 2.24) is 0 Å². The number of fused-ring (bicyclic) bond motifs is 1. The summed E-state index contributed by atoms with van der Waals surface area (Å²) in [6.45, 7) is 0. The molecule has 5 heteroatoms. The first-order valence-electron chi connectivity index (χ1n) is 5.36. The molecule has 0 atom stereocenters. The second kappa shape index (κ2) is 3.68. The van der Waals surface area contributed by atoms with Crippen LogP contribution in [0.3, 0.4) is 0 Å². The average Bonchev–Trinajstić information content (AvgIpc) is 2.59. The second-order valence-electron chi connectivity index (χ2n) is 3.91. The van der Waals surface area contributed by atoms with E-state index in [2.05, 4.69) is 0 Å². The van der Waals surface area contributed by atoms with Crippen LogP contribution in [0.15, 0.2) is 59.5 Å². The Labute approximate surface area is 105 Å². The third-order valence-corrected chi connectivity index (χ3v) is 4.58. The third-order valence-electron chi connectivity index (χ3n) is 2.81. The maximum Gasteiger partial charge on any atom is 0.273 e. The molecule has 0 aromatic heterocycles. The number of hydrogen-bond acceptors (Lipinski definition) is 3. The number of sulfonamides is 1. The van der Waals surface area contributed by atoms with Gasteiger partial charge in [0, 0.05) is 0 Å². The summed E-state index contributed by atoms with van der Waals surface area (Å²) in [6.07, 6.45) is 0. The van der Waals surface area contributed by atoms with E-state index in [1.165, 1.54) is 12.1 Å². The van der Waals surface area contributed by atoms with Gasteiger partial charge >= 0.3 is 0 Å². The molecule has 2 aromatic rings. The van der Waals surface area contributed by atoms with Crippen molar-refractivity contribution < 1.29 is 13.2 Å². The highest BCUT2D eigenvalue weighted by molar-refractivity contribution is 7.94. The zero-order valence-corrected chi connectivity index (χ0v) is 10.1. The lowest BCUT2D eigenvalue weighted by molar-refractivity contribution is 0.101. The minimum absolute atomic E-state index is 0.0684. The fourth-order valence-electron chi connectivity index (χ4n) is 2.00. The van der Waals surface area contributed by atoms with E-state index < -0.39 is 15.9 Å². The molecule has 0 saturated carbocycles. The minimum atomic E-state index is -3.76. The van der Waals surface area contributed by atoms with Crippen molar-refractivity contribution in [2.45, 2.75) is 4.90 Å². The van der Waals surface area contributed by atoms with Gasteiger partial charge in [0.2, 0.25) is 0 Å². The summed E-state index contributed by atoms with van der Waals surface area (Å²) in [5.41, 5.74) is 0.583. The van der Waals surface area contributed by atoms with Crippen molar-refractivity contribution in [3.05, 3.63) is 60.2 Å². The van der Waals surface area contributed by atoms with Gasteiger partial charge in [0.1, 0.15) is 4.90 Å². The van der Waals surface area contributed by atoms with Crippen molar-refractivity contribution in [1.29, 1.82) is 0 Å². The van der Waals surface area contributed by atoms with Crippen LogP contribution in [-0.2, 0) is 10.0 Å². The highest BCUT2D eigenvalue weighted by Crippen LogP contribution is 2.33. The number of para-hydroxylation sites is 1. The van der Waals surface area contributed by atoms with Crippen molar-refractivity contribution in [2.75, 3.05) is 4.31 Å². The molecule has 0 saturated heterocycles. The molecule has 1 amide bonds. The van der Waals surface area contributed by atoms with Crippen LogP contribution in [0.4, 0.5) is 5.69 Å². The predicted molar refractivity (Wildman–Crippen MR) is 66.9 cm³/mol. The molecule has 18 heavy (non-hydrogen) atoms. The Kier molecular flexibility index (Phi) is 2.24. The van der Waals surface area contributed by atoms with Gasteiger partial charge in [-0.1, -0.05) is 30.3 Å².